The largest absolute Gasteiger partial charge is 0.349 e. The van der Waals surface area contributed by atoms with Crippen LogP contribution in [0.15, 0.2) is 11.1 Å². The molecular weight excluding hydrogens is 234 g/mol. The fourth-order valence-electron chi connectivity index (χ4n) is 1.30. The van der Waals surface area contributed by atoms with Gasteiger partial charge in [0.15, 0.2) is 5.79 Å². The maximum Gasteiger partial charge on any atom is 0.163 e. The summed E-state index contributed by atoms with van der Waals surface area (Å²) in [6.07, 6.45) is 0.726. The lowest BCUT2D eigenvalue weighted by atomic mass is 10.1. The first-order valence-corrected chi connectivity index (χ1v) is 5.10. The zero-order valence-corrected chi connectivity index (χ0v) is 9.63. The Morgan fingerprint density at radius 2 is 2.31 bits per heavy atom. The van der Waals surface area contributed by atoms with Gasteiger partial charge < -0.3 is 15.2 Å². The van der Waals surface area contributed by atoms with Crippen LogP contribution in [0.2, 0.25) is 0 Å². The molecular formula is C9H16BrNO2. The average molecular weight is 250 g/mol. The summed E-state index contributed by atoms with van der Waals surface area (Å²) >= 11 is 3.30. The first kappa shape index (κ1) is 11.2. The molecule has 0 aromatic heterocycles. The van der Waals surface area contributed by atoms with Crippen LogP contribution in [0.5, 0.6) is 0 Å². The molecule has 1 aliphatic heterocycles. The van der Waals surface area contributed by atoms with Gasteiger partial charge in [-0.05, 0) is 18.3 Å². The zero-order valence-electron chi connectivity index (χ0n) is 8.05. The van der Waals surface area contributed by atoms with Crippen LogP contribution in [0.3, 0.4) is 0 Å². The molecule has 76 valence electrons. The van der Waals surface area contributed by atoms with Crippen LogP contribution in [0.25, 0.3) is 0 Å². The predicted molar refractivity (Wildman–Crippen MR) is 55.6 cm³/mol. The summed E-state index contributed by atoms with van der Waals surface area (Å²) < 4.78 is 12.0. The summed E-state index contributed by atoms with van der Waals surface area (Å²) in [5.41, 5.74) is 5.84. The van der Waals surface area contributed by atoms with Crippen molar-refractivity contribution in [3.05, 3.63) is 11.1 Å². The molecule has 13 heavy (non-hydrogen) atoms. The Bertz CT molecular complexity index is 206. The first-order valence-electron chi connectivity index (χ1n) is 4.31. The summed E-state index contributed by atoms with van der Waals surface area (Å²) in [7, 11) is 0. The molecule has 0 aromatic rings. The minimum atomic E-state index is -0.525. The number of rotatable bonds is 2. The summed E-state index contributed by atoms with van der Waals surface area (Å²) in [4.78, 5) is 0. The maximum atomic E-state index is 5.84. The van der Waals surface area contributed by atoms with Gasteiger partial charge in [-0.15, -0.1) is 0 Å². The van der Waals surface area contributed by atoms with Crippen molar-refractivity contribution < 1.29 is 9.47 Å². The Balaban J connectivity index is 2.55. The summed E-state index contributed by atoms with van der Waals surface area (Å²) in [6, 6.07) is -0.0673. The standard InChI is InChI=1S/C9H16BrNO2/c1-6(10)4-8-7(11)5-12-9(2,3)13-8/h7-8H,1,4-5,11H2,2-3H3/t7-,8+/m1/s1. The Kier molecular flexibility index (Phi) is 3.51. The van der Waals surface area contributed by atoms with E-state index in [4.69, 9.17) is 15.2 Å². The maximum absolute atomic E-state index is 5.84. The monoisotopic (exact) mass is 249 g/mol. The summed E-state index contributed by atoms with van der Waals surface area (Å²) in [6.45, 7) is 8.09. The van der Waals surface area contributed by atoms with Gasteiger partial charge in [-0.3, -0.25) is 0 Å². The molecule has 1 heterocycles. The number of halogens is 1. The number of hydrogen-bond donors (Lipinski definition) is 1. The fraction of sp³-hybridized carbons (Fsp3) is 0.778. The van der Waals surface area contributed by atoms with Gasteiger partial charge in [0.05, 0.1) is 18.8 Å². The number of ether oxygens (including phenoxy) is 2. The van der Waals surface area contributed by atoms with E-state index in [2.05, 4.69) is 22.5 Å². The highest BCUT2D eigenvalue weighted by atomic mass is 79.9. The number of nitrogens with two attached hydrogens (primary N) is 1. The fourth-order valence-corrected chi connectivity index (χ4v) is 1.62. The summed E-state index contributed by atoms with van der Waals surface area (Å²) in [5, 5.41) is 0. The highest BCUT2D eigenvalue weighted by Crippen LogP contribution is 2.26. The van der Waals surface area contributed by atoms with Crippen LogP contribution in [-0.2, 0) is 9.47 Å². The van der Waals surface area contributed by atoms with Crippen LogP contribution in [0, 0.1) is 0 Å². The highest BCUT2D eigenvalue weighted by molar-refractivity contribution is 9.11. The Morgan fingerprint density at radius 3 is 2.85 bits per heavy atom. The van der Waals surface area contributed by atoms with Gasteiger partial charge in [-0.2, -0.15) is 0 Å². The third-order valence-corrected chi connectivity index (χ3v) is 2.28. The van der Waals surface area contributed by atoms with Crippen LogP contribution in [0.4, 0.5) is 0 Å². The third kappa shape index (κ3) is 3.38. The minimum Gasteiger partial charge on any atom is -0.349 e. The lowest BCUT2D eigenvalue weighted by Gasteiger charge is -2.39. The van der Waals surface area contributed by atoms with Gasteiger partial charge in [-0.25, -0.2) is 0 Å². The van der Waals surface area contributed by atoms with Crippen LogP contribution >= 0.6 is 15.9 Å². The molecule has 0 bridgehead atoms. The molecule has 1 aliphatic rings. The summed E-state index contributed by atoms with van der Waals surface area (Å²) in [5.74, 6) is -0.525. The topological polar surface area (TPSA) is 44.5 Å². The quantitative estimate of drug-likeness (QED) is 0.812. The average Bonchev–Trinajstić information content (AvgIpc) is 1.95. The third-order valence-electron chi connectivity index (χ3n) is 1.96. The molecule has 0 saturated carbocycles. The smallest absolute Gasteiger partial charge is 0.163 e. The van der Waals surface area contributed by atoms with Crippen molar-refractivity contribution in [3.63, 3.8) is 0 Å². The van der Waals surface area contributed by atoms with E-state index in [1.807, 2.05) is 13.8 Å². The van der Waals surface area contributed by atoms with E-state index >= 15 is 0 Å². The van der Waals surface area contributed by atoms with E-state index in [1.165, 1.54) is 0 Å². The molecule has 1 saturated heterocycles. The van der Waals surface area contributed by atoms with E-state index in [9.17, 15) is 0 Å². The molecule has 0 aliphatic carbocycles. The first-order chi connectivity index (χ1) is 5.91. The van der Waals surface area contributed by atoms with Crippen molar-refractivity contribution in [2.24, 2.45) is 5.73 Å². The second-order valence-electron chi connectivity index (χ2n) is 3.75. The number of hydrogen-bond acceptors (Lipinski definition) is 3. The van der Waals surface area contributed by atoms with E-state index < -0.39 is 5.79 Å². The Labute approximate surface area is 87.4 Å². The SMILES string of the molecule is C=C(Br)C[C@@H]1OC(C)(C)OC[C@H]1N. The van der Waals surface area contributed by atoms with Gasteiger partial charge in [-0.1, -0.05) is 22.5 Å². The Morgan fingerprint density at radius 1 is 1.69 bits per heavy atom. The molecule has 1 fully saturated rings. The zero-order chi connectivity index (χ0) is 10.1. The van der Waals surface area contributed by atoms with Crippen molar-refractivity contribution in [1.29, 1.82) is 0 Å². The van der Waals surface area contributed by atoms with Crippen LogP contribution in [-0.4, -0.2) is 24.5 Å². The molecule has 2 N–H and O–H groups in total. The van der Waals surface area contributed by atoms with Crippen molar-refractivity contribution in [3.8, 4) is 0 Å². The molecule has 3 nitrogen and oxygen atoms in total. The molecule has 0 amide bonds. The van der Waals surface area contributed by atoms with Gasteiger partial charge in [0.25, 0.3) is 0 Å². The lowest BCUT2D eigenvalue weighted by Crippen LogP contribution is -2.52. The van der Waals surface area contributed by atoms with Gasteiger partial charge in [0, 0.05) is 6.42 Å². The molecule has 0 unspecified atom stereocenters. The Hall–Kier alpha value is 0.1000. The van der Waals surface area contributed by atoms with Gasteiger partial charge in [0.1, 0.15) is 0 Å². The van der Waals surface area contributed by atoms with Crippen LogP contribution < -0.4 is 5.73 Å². The van der Waals surface area contributed by atoms with Gasteiger partial charge >= 0.3 is 0 Å². The molecule has 0 radical (unpaired) electrons. The molecule has 1 rings (SSSR count). The van der Waals surface area contributed by atoms with E-state index in [-0.39, 0.29) is 12.1 Å². The van der Waals surface area contributed by atoms with Crippen molar-refractivity contribution in [1.82, 2.24) is 0 Å². The van der Waals surface area contributed by atoms with E-state index in [0.717, 1.165) is 10.9 Å². The second kappa shape index (κ2) is 4.09. The second-order valence-corrected chi connectivity index (χ2v) is 4.87. The predicted octanol–water partition coefficient (Wildman–Crippen LogP) is 1.76. The lowest BCUT2D eigenvalue weighted by molar-refractivity contribution is -0.278. The molecule has 2 atom stereocenters. The molecule has 4 heteroatoms. The van der Waals surface area contributed by atoms with Crippen molar-refractivity contribution in [2.75, 3.05) is 6.61 Å². The minimum absolute atomic E-state index is 0.00405. The van der Waals surface area contributed by atoms with E-state index in [1.54, 1.807) is 0 Å². The van der Waals surface area contributed by atoms with Crippen molar-refractivity contribution in [2.45, 2.75) is 38.2 Å². The van der Waals surface area contributed by atoms with Gasteiger partial charge in [0.2, 0.25) is 0 Å². The highest BCUT2D eigenvalue weighted by Gasteiger charge is 2.34. The molecule has 0 aromatic carbocycles. The van der Waals surface area contributed by atoms with Crippen molar-refractivity contribution >= 4 is 15.9 Å². The van der Waals surface area contributed by atoms with E-state index in [0.29, 0.717) is 6.61 Å². The molecule has 0 spiro atoms. The van der Waals surface area contributed by atoms with Crippen LogP contribution in [0.1, 0.15) is 20.3 Å². The normalized spacial score (nSPS) is 32.9.